The predicted molar refractivity (Wildman–Crippen MR) is 121 cm³/mol. The maximum Gasteiger partial charge on any atom is 0.331 e. The Morgan fingerprint density at radius 3 is 2.44 bits per heavy atom. The number of benzene rings is 1. The van der Waals surface area contributed by atoms with Crippen LogP contribution in [0.25, 0.3) is 0 Å². The normalized spacial score (nSPS) is 21.7. The van der Waals surface area contributed by atoms with Crippen LogP contribution in [0.2, 0.25) is 0 Å². The molecule has 32 heavy (non-hydrogen) atoms. The maximum absolute atomic E-state index is 13.2. The number of nitrogens with zero attached hydrogens (tertiary/aromatic N) is 1. The van der Waals surface area contributed by atoms with Crippen LogP contribution in [0.5, 0.6) is 0 Å². The molecule has 0 atom stereocenters. The number of fused-ring (bicyclic) bond motifs is 1. The molecule has 0 bridgehead atoms. The first-order valence-corrected chi connectivity index (χ1v) is 13.4. The van der Waals surface area contributed by atoms with E-state index in [1.165, 1.54) is 9.87 Å². The SMILES string of the molecule is CCOC(=O)C1(NC(=O)C2CCN(S(=O)(=O)c3ccc4c(c3)CCC4)CC2)CCCCC1. The van der Waals surface area contributed by atoms with Crippen LogP contribution in [0.15, 0.2) is 23.1 Å². The highest BCUT2D eigenvalue weighted by Crippen LogP contribution is 2.32. The fourth-order valence-electron chi connectivity index (χ4n) is 5.36. The number of piperidine rings is 1. The Hall–Kier alpha value is -1.93. The summed E-state index contributed by atoms with van der Waals surface area (Å²) in [6.07, 6.45) is 7.96. The number of nitrogens with one attached hydrogen (secondary N) is 1. The van der Waals surface area contributed by atoms with Crippen molar-refractivity contribution in [2.24, 2.45) is 5.92 Å². The van der Waals surface area contributed by atoms with Crippen LogP contribution < -0.4 is 5.32 Å². The van der Waals surface area contributed by atoms with Gasteiger partial charge in [-0.05, 0) is 75.1 Å². The van der Waals surface area contributed by atoms with E-state index in [2.05, 4.69) is 5.32 Å². The van der Waals surface area contributed by atoms with Crippen molar-refractivity contribution in [3.05, 3.63) is 29.3 Å². The smallest absolute Gasteiger partial charge is 0.331 e. The highest BCUT2D eigenvalue weighted by Gasteiger charge is 2.44. The van der Waals surface area contributed by atoms with Gasteiger partial charge in [-0.2, -0.15) is 4.31 Å². The molecule has 7 nitrogen and oxygen atoms in total. The number of ether oxygens (including phenoxy) is 1. The molecule has 2 fully saturated rings. The van der Waals surface area contributed by atoms with E-state index in [-0.39, 0.29) is 24.4 Å². The van der Waals surface area contributed by atoms with E-state index in [9.17, 15) is 18.0 Å². The van der Waals surface area contributed by atoms with E-state index in [0.29, 0.717) is 43.7 Å². The van der Waals surface area contributed by atoms with Gasteiger partial charge in [0.2, 0.25) is 15.9 Å². The highest BCUT2D eigenvalue weighted by molar-refractivity contribution is 7.89. The van der Waals surface area contributed by atoms with Gasteiger partial charge in [0.1, 0.15) is 5.54 Å². The average molecular weight is 463 g/mol. The number of esters is 1. The number of rotatable bonds is 6. The van der Waals surface area contributed by atoms with Crippen molar-refractivity contribution in [1.29, 1.82) is 0 Å². The minimum atomic E-state index is -3.57. The Balaban J connectivity index is 1.39. The molecule has 1 aliphatic heterocycles. The highest BCUT2D eigenvalue weighted by atomic mass is 32.2. The van der Waals surface area contributed by atoms with Crippen LogP contribution in [0.4, 0.5) is 0 Å². The predicted octanol–water partition coefficient (Wildman–Crippen LogP) is 2.96. The number of sulfonamides is 1. The van der Waals surface area contributed by atoms with Crippen LogP contribution in [0.1, 0.15) is 69.4 Å². The molecule has 0 spiro atoms. The second-order valence-electron chi connectivity index (χ2n) is 9.31. The Kier molecular flexibility index (Phi) is 6.91. The number of hydrogen-bond donors (Lipinski definition) is 1. The van der Waals surface area contributed by atoms with E-state index < -0.39 is 15.6 Å². The van der Waals surface area contributed by atoms with E-state index in [1.54, 1.807) is 13.0 Å². The standard InChI is InChI=1S/C24H34N2O5S/c1-2-31-23(28)24(13-4-3-5-14-24)25-22(27)19-11-15-26(16-12-19)32(29,30)21-10-9-18-7-6-8-20(18)17-21/h9-10,17,19H,2-8,11-16H2,1H3,(H,25,27). The van der Waals surface area contributed by atoms with E-state index in [4.69, 9.17) is 4.74 Å². The zero-order valence-electron chi connectivity index (χ0n) is 18.9. The van der Waals surface area contributed by atoms with Crippen molar-refractivity contribution < 1.29 is 22.7 Å². The van der Waals surface area contributed by atoms with Gasteiger partial charge in [-0.3, -0.25) is 4.79 Å². The van der Waals surface area contributed by atoms with Gasteiger partial charge in [0.15, 0.2) is 0 Å². The van der Waals surface area contributed by atoms with Crippen LogP contribution in [-0.4, -0.2) is 49.8 Å². The Morgan fingerprint density at radius 1 is 1.06 bits per heavy atom. The Morgan fingerprint density at radius 2 is 1.75 bits per heavy atom. The minimum absolute atomic E-state index is 0.158. The fourth-order valence-corrected chi connectivity index (χ4v) is 6.88. The summed E-state index contributed by atoms with van der Waals surface area (Å²) < 4.78 is 33.1. The summed E-state index contributed by atoms with van der Waals surface area (Å²) in [5.74, 6) is -0.797. The maximum atomic E-state index is 13.2. The molecular weight excluding hydrogens is 428 g/mol. The second-order valence-corrected chi connectivity index (χ2v) is 11.3. The molecule has 1 N–H and O–H groups in total. The molecule has 3 aliphatic rings. The Bertz CT molecular complexity index is 961. The van der Waals surface area contributed by atoms with Gasteiger partial charge in [-0.15, -0.1) is 0 Å². The molecule has 1 saturated carbocycles. The first-order valence-electron chi connectivity index (χ1n) is 12.0. The lowest BCUT2D eigenvalue weighted by Gasteiger charge is -2.38. The summed E-state index contributed by atoms with van der Waals surface area (Å²) in [4.78, 5) is 26.0. The molecule has 0 aromatic heterocycles. The molecule has 1 aromatic carbocycles. The van der Waals surface area contributed by atoms with Crippen molar-refractivity contribution in [3.63, 3.8) is 0 Å². The van der Waals surface area contributed by atoms with E-state index in [1.807, 2.05) is 12.1 Å². The topological polar surface area (TPSA) is 92.8 Å². The lowest BCUT2D eigenvalue weighted by molar-refractivity contribution is -0.155. The van der Waals surface area contributed by atoms with Gasteiger partial charge >= 0.3 is 5.97 Å². The molecule has 0 radical (unpaired) electrons. The zero-order valence-corrected chi connectivity index (χ0v) is 19.7. The monoisotopic (exact) mass is 462 g/mol. The third-order valence-corrected chi connectivity index (χ3v) is 9.16. The molecule has 1 saturated heterocycles. The van der Waals surface area contributed by atoms with E-state index in [0.717, 1.165) is 44.1 Å². The van der Waals surface area contributed by atoms with Gasteiger partial charge in [0, 0.05) is 19.0 Å². The molecule has 0 unspecified atom stereocenters. The van der Waals surface area contributed by atoms with Gasteiger partial charge in [0.05, 0.1) is 11.5 Å². The van der Waals surface area contributed by atoms with Crippen LogP contribution in [0, 0.1) is 5.92 Å². The lowest BCUT2D eigenvalue weighted by atomic mass is 9.81. The van der Waals surface area contributed by atoms with Gasteiger partial charge in [-0.1, -0.05) is 25.3 Å². The number of carbonyl (C=O) groups is 2. The third-order valence-electron chi connectivity index (χ3n) is 7.27. The number of aryl methyl sites for hydroxylation is 2. The number of amides is 1. The summed E-state index contributed by atoms with van der Waals surface area (Å²) in [6, 6.07) is 5.47. The third kappa shape index (κ3) is 4.57. The number of hydrogen-bond acceptors (Lipinski definition) is 5. The molecular formula is C24H34N2O5S. The summed E-state index contributed by atoms with van der Waals surface area (Å²) in [7, 11) is -3.57. The number of carbonyl (C=O) groups excluding carboxylic acids is 2. The molecule has 1 heterocycles. The molecule has 1 amide bonds. The van der Waals surface area contributed by atoms with Crippen molar-refractivity contribution in [1.82, 2.24) is 9.62 Å². The molecule has 8 heteroatoms. The van der Waals surface area contributed by atoms with Gasteiger partial charge in [-0.25, -0.2) is 13.2 Å². The van der Waals surface area contributed by atoms with Crippen molar-refractivity contribution >= 4 is 21.9 Å². The largest absolute Gasteiger partial charge is 0.464 e. The molecule has 4 rings (SSSR count). The lowest BCUT2D eigenvalue weighted by Crippen LogP contribution is -2.58. The summed E-state index contributed by atoms with van der Waals surface area (Å²) in [5, 5.41) is 3.02. The van der Waals surface area contributed by atoms with Crippen molar-refractivity contribution in [2.75, 3.05) is 19.7 Å². The van der Waals surface area contributed by atoms with Gasteiger partial charge in [0.25, 0.3) is 0 Å². The van der Waals surface area contributed by atoms with Crippen LogP contribution >= 0.6 is 0 Å². The van der Waals surface area contributed by atoms with Crippen molar-refractivity contribution in [2.45, 2.75) is 81.6 Å². The van der Waals surface area contributed by atoms with Gasteiger partial charge < -0.3 is 10.1 Å². The first kappa shape index (κ1) is 23.2. The zero-order chi connectivity index (χ0) is 22.8. The summed E-state index contributed by atoms with van der Waals surface area (Å²) in [5.41, 5.74) is 1.45. The van der Waals surface area contributed by atoms with Crippen molar-refractivity contribution in [3.8, 4) is 0 Å². The molecule has 2 aliphatic carbocycles. The molecule has 176 valence electrons. The van der Waals surface area contributed by atoms with Crippen LogP contribution in [0.3, 0.4) is 0 Å². The van der Waals surface area contributed by atoms with E-state index >= 15 is 0 Å². The fraction of sp³-hybridized carbons (Fsp3) is 0.667. The Labute approximate surface area is 190 Å². The quantitative estimate of drug-likeness (QED) is 0.656. The van der Waals surface area contributed by atoms with Crippen LogP contribution in [-0.2, 0) is 37.2 Å². The average Bonchev–Trinajstić information content (AvgIpc) is 3.28. The minimum Gasteiger partial charge on any atom is -0.464 e. The first-order chi connectivity index (χ1) is 15.4. The molecule has 1 aromatic rings. The summed E-state index contributed by atoms with van der Waals surface area (Å²) in [6.45, 7) is 2.68. The second kappa shape index (κ2) is 9.51. The summed E-state index contributed by atoms with van der Waals surface area (Å²) >= 11 is 0.